The Morgan fingerprint density at radius 3 is 2.06 bits per heavy atom. The average molecular weight is 246 g/mol. The van der Waals surface area contributed by atoms with Crippen LogP contribution in [-0.4, -0.2) is 47.3 Å². The summed E-state index contributed by atoms with van der Waals surface area (Å²) in [5.41, 5.74) is 0. The molecule has 100 valence electrons. The lowest BCUT2D eigenvalue weighted by atomic mass is 10.0. The highest BCUT2D eigenvalue weighted by Crippen LogP contribution is 2.05. The molecule has 0 aromatic heterocycles. The number of carboxylic acids is 1. The van der Waals surface area contributed by atoms with Crippen LogP contribution < -0.4 is 10.6 Å². The van der Waals surface area contributed by atoms with Crippen molar-refractivity contribution in [3.05, 3.63) is 0 Å². The minimum atomic E-state index is -1.27. The quantitative estimate of drug-likeness (QED) is 0.488. The Bertz CT molecular complexity index is 266. The monoisotopic (exact) mass is 246 g/mol. The van der Waals surface area contributed by atoms with Gasteiger partial charge in [-0.2, -0.15) is 0 Å². The van der Waals surface area contributed by atoms with E-state index in [2.05, 4.69) is 10.6 Å². The van der Waals surface area contributed by atoms with Crippen molar-refractivity contribution in [1.29, 1.82) is 0 Å². The van der Waals surface area contributed by atoms with E-state index in [4.69, 9.17) is 5.11 Å². The molecule has 0 rings (SSSR count). The Morgan fingerprint density at radius 2 is 1.76 bits per heavy atom. The fourth-order valence-electron chi connectivity index (χ4n) is 1.47. The van der Waals surface area contributed by atoms with Crippen LogP contribution in [-0.2, 0) is 9.59 Å². The van der Waals surface area contributed by atoms with Gasteiger partial charge in [-0.25, -0.2) is 4.79 Å². The minimum absolute atomic E-state index is 0.313. The van der Waals surface area contributed by atoms with Gasteiger partial charge < -0.3 is 20.8 Å². The first-order chi connectivity index (χ1) is 7.79. The van der Waals surface area contributed by atoms with E-state index < -0.39 is 30.1 Å². The molecule has 0 unspecified atom stereocenters. The number of carboxylic acid groups (broad SMARTS) is 1. The molecule has 0 heterocycles. The zero-order chi connectivity index (χ0) is 13.6. The van der Waals surface area contributed by atoms with Crippen LogP contribution in [0.2, 0.25) is 0 Å². The summed E-state index contributed by atoms with van der Waals surface area (Å²) in [5.74, 6) is -1.34. The van der Waals surface area contributed by atoms with Gasteiger partial charge >= 0.3 is 5.97 Å². The van der Waals surface area contributed by atoms with Crippen molar-refractivity contribution in [2.75, 3.05) is 7.05 Å². The summed E-state index contributed by atoms with van der Waals surface area (Å²) in [6, 6.07) is -1.72. The largest absolute Gasteiger partial charge is 0.480 e. The van der Waals surface area contributed by atoms with Crippen molar-refractivity contribution in [2.45, 2.75) is 45.4 Å². The van der Waals surface area contributed by atoms with Crippen LogP contribution in [0.15, 0.2) is 0 Å². The van der Waals surface area contributed by atoms with Gasteiger partial charge in [0.05, 0.1) is 12.1 Å². The number of nitrogens with one attached hydrogen (secondary N) is 2. The highest BCUT2D eigenvalue weighted by atomic mass is 16.4. The molecule has 0 spiro atoms. The number of hydrogen-bond acceptors (Lipinski definition) is 4. The fourth-order valence-corrected chi connectivity index (χ4v) is 1.47. The second-order valence-electron chi connectivity index (χ2n) is 4.54. The minimum Gasteiger partial charge on any atom is -0.480 e. The van der Waals surface area contributed by atoms with Crippen molar-refractivity contribution < 1.29 is 19.8 Å². The van der Waals surface area contributed by atoms with Gasteiger partial charge in [0.15, 0.2) is 6.04 Å². The lowest BCUT2D eigenvalue weighted by Crippen LogP contribution is -2.53. The molecule has 0 aliphatic carbocycles. The number of aliphatic carboxylic acids is 1. The molecule has 0 fully saturated rings. The lowest BCUT2D eigenvalue weighted by Gasteiger charge is -2.22. The molecular formula is C11H22N2O4. The number of likely N-dealkylation sites (N-methyl/N-ethyl adjacent to an activating group) is 1. The topological polar surface area (TPSA) is 98.7 Å². The Hall–Kier alpha value is -1.14. The molecule has 6 heteroatoms. The van der Waals surface area contributed by atoms with Crippen molar-refractivity contribution in [2.24, 2.45) is 5.92 Å². The maximum absolute atomic E-state index is 11.8. The maximum Gasteiger partial charge on any atom is 0.328 e. The summed E-state index contributed by atoms with van der Waals surface area (Å²) >= 11 is 0. The summed E-state index contributed by atoms with van der Waals surface area (Å²) in [6.07, 6.45) is -0.526. The fraction of sp³-hybridized carbons (Fsp3) is 0.818. The van der Waals surface area contributed by atoms with Gasteiger partial charge in [-0.3, -0.25) is 4.79 Å². The van der Waals surface area contributed by atoms with E-state index >= 15 is 0 Å². The molecule has 0 saturated heterocycles. The van der Waals surface area contributed by atoms with E-state index in [0.717, 1.165) is 0 Å². The first kappa shape index (κ1) is 15.9. The van der Waals surface area contributed by atoms with Crippen molar-refractivity contribution >= 4 is 11.9 Å². The van der Waals surface area contributed by atoms with E-state index in [9.17, 15) is 14.7 Å². The van der Waals surface area contributed by atoms with E-state index in [1.807, 2.05) is 13.8 Å². The van der Waals surface area contributed by atoms with Gasteiger partial charge in [-0.05, 0) is 26.3 Å². The Labute approximate surface area is 101 Å². The predicted octanol–water partition coefficient (Wildman–Crippen LogP) is -0.429. The van der Waals surface area contributed by atoms with Crippen LogP contribution in [0.5, 0.6) is 0 Å². The molecule has 17 heavy (non-hydrogen) atoms. The SMILES string of the molecule is CN[C@@H](CC(C)C)C(=O)N[C@H](C(=O)O)[C@@H](C)O. The van der Waals surface area contributed by atoms with Gasteiger partial charge in [0.2, 0.25) is 5.91 Å². The van der Waals surface area contributed by atoms with Crippen LogP contribution in [0.25, 0.3) is 0 Å². The van der Waals surface area contributed by atoms with Crippen LogP contribution in [0.1, 0.15) is 27.2 Å². The highest BCUT2D eigenvalue weighted by molar-refractivity contribution is 5.87. The molecule has 0 aromatic rings. The first-order valence-electron chi connectivity index (χ1n) is 5.68. The Kier molecular flexibility index (Phi) is 6.75. The molecule has 0 aromatic carbocycles. The number of carbonyl (C=O) groups excluding carboxylic acids is 1. The molecule has 4 N–H and O–H groups in total. The number of hydrogen-bond donors (Lipinski definition) is 4. The molecule has 0 aliphatic heterocycles. The highest BCUT2D eigenvalue weighted by Gasteiger charge is 2.28. The summed E-state index contributed by atoms with van der Waals surface area (Å²) in [7, 11) is 1.64. The van der Waals surface area contributed by atoms with E-state index in [0.29, 0.717) is 12.3 Å². The first-order valence-corrected chi connectivity index (χ1v) is 5.68. The molecule has 0 bridgehead atoms. The van der Waals surface area contributed by atoms with Gasteiger partial charge in [0, 0.05) is 0 Å². The summed E-state index contributed by atoms with van der Waals surface area (Å²) in [4.78, 5) is 22.6. The van der Waals surface area contributed by atoms with Crippen LogP contribution in [0.3, 0.4) is 0 Å². The zero-order valence-corrected chi connectivity index (χ0v) is 10.7. The van der Waals surface area contributed by atoms with E-state index in [-0.39, 0.29) is 0 Å². The van der Waals surface area contributed by atoms with Crippen LogP contribution >= 0.6 is 0 Å². The maximum atomic E-state index is 11.8. The van der Waals surface area contributed by atoms with Crippen molar-refractivity contribution in [1.82, 2.24) is 10.6 Å². The third-order valence-electron chi connectivity index (χ3n) is 2.42. The molecule has 6 nitrogen and oxygen atoms in total. The number of rotatable bonds is 7. The number of carbonyl (C=O) groups is 2. The smallest absolute Gasteiger partial charge is 0.328 e. The third-order valence-corrected chi connectivity index (χ3v) is 2.42. The number of amides is 1. The summed E-state index contributed by atoms with van der Waals surface area (Å²) in [5, 5.41) is 23.2. The van der Waals surface area contributed by atoms with Crippen LogP contribution in [0, 0.1) is 5.92 Å². The summed E-state index contributed by atoms with van der Waals surface area (Å²) < 4.78 is 0. The van der Waals surface area contributed by atoms with Crippen molar-refractivity contribution in [3.8, 4) is 0 Å². The summed E-state index contributed by atoms with van der Waals surface area (Å²) in [6.45, 7) is 5.28. The molecule has 0 aliphatic rings. The second-order valence-corrected chi connectivity index (χ2v) is 4.54. The lowest BCUT2D eigenvalue weighted by molar-refractivity contribution is -0.145. The zero-order valence-electron chi connectivity index (χ0n) is 10.7. The standard InChI is InChI=1S/C11H22N2O4/c1-6(2)5-8(12-4)10(15)13-9(7(3)14)11(16)17/h6-9,12,14H,5H2,1-4H3,(H,13,15)(H,16,17)/t7-,8+,9+/m1/s1. The molecule has 0 saturated carbocycles. The molecule has 0 radical (unpaired) electrons. The third kappa shape index (κ3) is 5.65. The Balaban J connectivity index is 4.52. The molecule has 1 amide bonds. The van der Waals surface area contributed by atoms with Gasteiger partial charge in [-0.15, -0.1) is 0 Å². The average Bonchev–Trinajstić information content (AvgIpc) is 2.20. The van der Waals surface area contributed by atoms with Gasteiger partial charge in [0.1, 0.15) is 0 Å². The predicted molar refractivity (Wildman–Crippen MR) is 63.6 cm³/mol. The molecular weight excluding hydrogens is 224 g/mol. The molecule has 3 atom stereocenters. The van der Waals surface area contributed by atoms with Crippen LogP contribution in [0.4, 0.5) is 0 Å². The second kappa shape index (κ2) is 7.24. The van der Waals surface area contributed by atoms with Gasteiger partial charge in [0.25, 0.3) is 0 Å². The number of aliphatic hydroxyl groups is 1. The van der Waals surface area contributed by atoms with Gasteiger partial charge in [-0.1, -0.05) is 13.8 Å². The number of aliphatic hydroxyl groups excluding tert-OH is 1. The van der Waals surface area contributed by atoms with Crippen molar-refractivity contribution in [3.63, 3.8) is 0 Å². The van der Waals surface area contributed by atoms with E-state index in [1.165, 1.54) is 6.92 Å². The van der Waals surface area contributed by atoms with E-state index in [1.54, 1.807) is 7.05 Å². The Morgan fingerprint density at radius 1 is 1.24 bits per heavy atom. The normalized spacial score (nSPS) is 16.4.